The lowest BCUT2D eigenvalue weighted by atomic mass is 10.0. The summed E-state index contributed by atoms with van der Waals surface area (Å²) in [7, 11) is 1.67. The Morgan fingerprint density at radius 1 is 1.16 bits per heavy atom. The molecular formula is C19H24N4O2. The lowest BCUT2D eigenvalue weighted by molar-refractivity contribution is 0.234. The van der Waals surface area contributed by atoms with Gasteiger partial charge in [0.2, 0.25) is 0 Å². The summed E-state index contributed by atoms with van der Waals surface area (Å²) in [5.41, 5.74) is 2.24. The molecule has 0 bridgehead atoms. The summed E-state index contributed by atoms with van der Waals surface area (Å²) in [5, 5.41) is 5.96. The zero-order chi connectivity index (χ0) is 17.5. The van der Waals surface area contributed by atoms with Gasteiger partial charge in [-0.3, -0.25) is 4.98 Å². The van der Waals surface area contributed by atoms with E-state index in [4.69, 9.17) is 4.74 Å². The SMILES string of the molecule is COc1ccc(N2CCC(NC(=O)NCc3ccncc3)CC2)cc1. The van der Waals surface area contributed by atoms with Crippen LogP contribution in [0, 0.1) is 0 Å². The Bertz CT molecular complexity index is 668. The van der Waals surface area contributed by atoms with Crippen molar-refractivity contribution in [3.63, 3.8) is 0 Å². The molecule has 0 aliphatic carbocycles. The first kappa shape index (κ1) is 17.1. The van der Waals surface area contributed by atoms with Crippen LogP contribution >= 0.6 is 0 Å². The normalized spacial score (nSPS) is 14.8. The Labute approximate surface area is 148 Å². The average molecular weight is 340 g/mol. The standard InChI is InChI=1S/C19H24N4O2/c1-25-18-4-2-17(3-5-18)23-12-8-16(9-13-23)22-19(24)21-14-15-6-10-20-11-7-15/h2-7,10-11,16H,8-9,12-14H2,1H3,(H2,21,22,24). The maximum atomic E-state index is 12.0. The maximum absolute atomic E-state index is 12.0. The van der Waals surface area contributed by atoms with Gasteiger partial charge in [0.25, 0.3) is 0 Å². The smallest absolute Gasteiger partial charge is 0.315 e. The number of pyridine rings is 1. The van der Waals surface area contributed by atoms with Gasteiger partial charge >= 0.3 is 6.03 Å². The molecule has 0 radical (unpaired) electrons. The van der Waals surface area contributed by atoms with Gasteiger partial charge in [-0.25, -0.2) is 4.79 Å². The van der Waals surface area contributed by atoms with Crippen molar-refractivity contribution in [1.82, 2.24) is 15.6 Å². The van der Waals surface area contributed by atoms with Gasteiger partial charge in [0, 0.05) is 43.8 Å². The Balaban J connectivity index is 1.41. The fourth-order valence-electron chi connectivity index (χ4n) is 2.99. The summed E-state index contributed by atoms with van der Waals surface area (Å²) in [6.45, 7) is 2.38. The summed E-state index contributed by atoms with van der Waals surface area (Å²) < 4.78 is 5.20. The Morgan fingerprint density at radius 3 is 2.48 bits per heavy atom. The van der Waals surface area contributed by atoms with Crippen LogP contribution in [-0.2, 0) is 6.54 Å². The first-order valence-corrected chi connectivity index (χ1v) is 8.57. The fraction of sp³-hybridized carbons (Fsp3) is 0.368. The van der Waals surface area contributed by atoms with Crippen LogP contribution in [0.3, 0.4) is 0 Å². The van der Waals surface area contributed by atoms with E-state index in [9.17, 15) is 4.79 Å². The van der Waals surface area contributed by atoms with Crippen molar-refractivity contribution >= 4 is 11.7 Å². The van der Waals surface area contributed by atoms with Crippen molar-refractivity contribution in [1.29, 1.82) is 0 Å². The highest BCUT2D eigenvalue weighted by molar-refractivity contribution is 5.74. The van der Waals surface area contributed by atoms with Crippen molar-refractivity contribution in [3.05, 3.63) is 54.4 Å². The zero-order valence-electron chi connectivity index (χ0n) is 14.4. The van der Waals surface area contributed by atoms with E-state index in [1.54, 1.807) is 19.5 Å². The summed E-state index contributed by atoms with van der Waals surface area (Å²) in [5.74, 6) is 0.867. The maximum Gasteiger partial charge on any atom is 0.315 e. The van der Waals surface area contributed by atoms with Gasteiger partial charge < -0.3 is 20.3 Å². The van der Waals surface area contributed by atoms with Crippen LogP contribution < -0.4 is 20.3 Å². The van der Waals surface area contributed by atoms with E-state index in [0.29, 0.717) is 6.54 Å². The lowest BCUT2D eigenvalue weighted by Gasteiger charge is -2.34. The molecule has 2 aromatic rings. The third-order valence-electron chi connectivity index (χ3n) is 4.47. The summed E-state index contributed by atoms with van der Waals surface area (Å²) in [6.07, 6.45) is 5.33. The van der Waals surface area contributed by atoms with Gasteiger partial charge in [0.1, 0.15) is 5.75 Å². The minimum absolute atomic E-state index is 0.111. The molecule has 2 amide bonds. The number of methoxy groups -OCH3 is 1. The van der Waals surface area contributed by atoms with E-state index in [1.807, 2.05) is 24.3 Å². The van der Waals surface area contributed by atoms with Gasteiger partial charge in [0.05, 0.1) is 7.11 Å². The number of rotatable bonds is 5. The second kappa shape index (κ2) is 8.37. The molecule has 0 unspecified atom stereocenters. The molecule has 1 aliphatic rings. The van der Waals surface area contributed by atoms with Crippen LogP contribution in [0.25, 0.3) is 0 Å². The van der Waals surface area contributed by atoms with Gasteiger partial charge in [-0.15, -0.1) is 0 Å². The van der Waals surface area contributed by atoms with E-state index in [1.165, 1.54) is 5.69 Å². The zero-order valence-corrected chi connectivity index (χ0v) is 14.4. The molecule has 0 saturated carbocycles. The second-order valence-electron chi connectivity index (χ2n) is 6.14. The number of anilines is 1. The molecule has 6 nitrogen and oxygen atoms in total. The number of nitrogens with one attached hydrogen (secondary N) is 2. The van der Waals surface area contributed by atoms with Crippen LogP contribution in [0.4, 0.5) is 10.5 Å². The number of ether oxygens (including phenoxy) is 1. The summed E-state index contributed by atoms with van der Waals surface area (Å²) >= 11 is 0. The first-order valence-electron chi connectivity index (χ1n) is 8.57. The Morgan fingerprint density at radius 2 is 1.84 bits per heavy atom. The number of benzene rings is 1. The first-order chi connectivity index (χ1) is 12.2. The van der Waals surface area contributed by atoms with E-state index in [-0.39, 0.29) is 12.1 Å². The van der Waals surface area contributed by atoms with Crippen LogP contribution in [0.2, 0.25) is 0 Å². The molecule has 1 saturated heterocycles. The molecule has 1 aromatic carbocycles. The van der Waals surface area contributed by atoms with Gasteiger partial charge in [-0.05, 0) is 54.8 Å². The molecule has 1 aliphatic heterocycles. The molecule has 2 N–H and O–H groups in total. The largest absolute Gasteiger partial charge is 0.497 e. The molecule has 0 spiro atoms. The van der Waals surface area contributed by atoms with Crippen molar-refractivity contribution in [2.45, 2.75) is 25.4 Å². The lowest BCUT2D eigenvalue weighted by Crippen LogP contribution is -2.47. The molecule has 2 heterocycles. The molecule has 25 heavy (non-hydrogen) atoms. The molecule has 132 valence electrons. The number of aromatic nitrogens is 1. The molecule has 0 atom stereocenters. The van der Waals surface area contributed by atoms with Crippen LogP contribution in [0.1, 0.15) is 18.4 Å². The highest BCUT2D eigenvalue weighted by Crippen LogP contribution is 2.22. The minimum atomic E-state index is -0.111. The number of amides is 2. The van der Waals surface area contributed by atoms with E-state index in [0.717, 1.165) is 37.2 Å². The second-order valence-corrected chi connectivity index (χ2v) is 6.14. The van der Waals surface area contributed by atoms with Crippen LogP contribution in [0.15, 0.2) is 48.8 Å². The highest BCUT2D eigenvalue weighted by atomic mass is 16.5. The number of urea groups is 1. The third-order valence-corrected chi connectivity index (χ3v) is 4.47. The van der Waals surface area contributed by atoms with Crippen molar-refractivity contribution in [3.8, 4) is 5.75 Å². The van der Waals surface area contributed by atoms with Gasteiger partial charge in [0.15, 0.2) is 0 Å². The molecule has 3 rings (SSSR count). The van der Waals surface area contributed by atoms with E-state index in [2.05, 4.69) is 32.7 Å². The fourth-order valence-corrected chi connectivity index (χ4v) is 2.99. The number of carbonyl (C=O) groups is 1. The number of hydrogen-bond donors (Lipinski definition) is 2. The molecule has 1 aromatic heterocycles. The quantitative estimate of drug-likeness (QED) is 0.878. The Hall–Kier alpha value is -2.76. The van der Waals surface area contributed by atoms with Crippen molar-refractivity contribution < 1.29 is 9.53 Å². The molecule has 6 heteroatoms. The highest BCUT2D eigenvalue weighted by Gasteiger charge is 2.20. The summed E-state index contributed by atoms with van der Waals surface area (Å²) in [6, 6.07) is 12.0. The minimum Gasteiger partial charge on any atom is -0.497 e. The number of piperidine rings is 1. The molecule has 1 fully saturated rings. The third kappa shape index (κ3) is 4.86. The van der Waals surface area contributed by atoms with Gasteiger partial charge in [-0.2, -0.15) is 0 Å². The average Bonchev–Trinajstić information content (AvgIpc) is 2.68. The predicted molar refractivity (Wildman–Crippen MR) is 97.8 cm³/mol. The monoisotopic (exact) mass is 340 g/mol. The number of carbonyl (C=O) groups excluding carboxylic acids is 1. The van der Waals surface area contributed by atoms with Crippen molar-refractivity contribution in [2.24, 2.45) is 0 Å². The van der Waals surface area contributed by atoms with E-state index < -0.39 is 0 Å². The topological polar surface area (TPSA) is 66.5 Å². The predicted octanol–water partition coefficient (Wildman–Crippen LogP) is 2.56. The Kier molecular flexibility index (Phi) is 5.72. The van der Waals surface area contributed by atoms with Crippen LogP contribution in [-0.4, -0.2) is 37.3 Å². The van der Waals surface area contributed by atoms with Crippen molar-refractivity contribution in [2.75, 3.05) is 25.1 Å². The molecular weight excluding hydrogens is 316 g/mol. The van der Waals surface area contributed by atoms with Gasteiger partial charge in [-0.1, -0.05) is 0 Å². The number of hydrogen-bond acceptors (Lipinski definition) is 4. The number of nitrogens with zero attached hydrogens (tertiary/aromatic N) is 2. The summed E-state index contributed by atoms with van der Waals surface area (Å²) in [4.78, 5) is 18.3. The van der Waals surface area contributed by atoms with Crippen LogP contribution in [0.5, 0.6) is 5.75 Å². The van der Waals surface area contributed by atoms with E-state index >= 15 is 0 Å².